The van der Waals surface area contributed by atoms with Crippen LogP contribution < -0.4 is 5.32 Å². The van der Waals surface area contributed by atoms with Gasteiger partial charge in [-0.05, 0) is 24.5 Å². The average Bonchev–Trinajstić information content (AvgIpc) is 3.19. The van der Waals surface area contributed by atoms with Crippen molar-refractivity contribution in [1.82, 2.24) is 25.1 Å². The molecule has 1 fully saturated rings. The fourth-order valence-corrected chi connectivity index (χ4v) is 2.64. The van der Waals surface area contributed by atoms with Gasteiger partial charge >= 0.3 is 12.1 Å². The molecule has 3 aromatic rings. The van der Waals surface area contributed by atoms with Crippen LogP contribution in [0.5, 0.6) is 0 Å². The molecular formula is C15H10ClF3N6O. The van der Waals surface area contributed by atoms with E-state index in [1.807, 2.05) is 6.07 Å². The van der Waals surface area contributed by atoms with Crippen molar-refractivity contribution in [3.8, 4) is 11.4 Å². The van der Waals surface area contributed by atoms with E-state index in [2.05, 4.69) is 34.9 Å². The van der Waals surface area contributed by atoms with Crippen LogP contribution in [0.4, 0.5) is 19.1 Å². The molecule has 0 bridgehead atoms. The number of halogens is 4. The van der Waals surface area contributed by atoms with Crippen LogP contribution in [0.3, 0.4) is 0 Å². The van der Waals surface area contributed by atoms with E-state index in [-0.39, 0.29) is 16.9 Å². The summed E-state index contributed by atoms with van der Waals surface area (Å²) in [6.45, 7) is 0. The molecule has 134 valence electrons. The fraction of sp³-hybridized carbons (Fsp3) is 0.267. The molecule has 1 aliphatic rings. The lowest BCUT2D eigenvalue weighted by Gasteiger charge is -2.17. The monoisotopic (exact) mass is 382 g/mol. The van der Waals surface area contributed by atoms with Gasteiger partial charge in [-0.3, -0.25) is 4.98 Å². The maximum absolute atomic E-state index is 12.5. The molecular weight excluding hydrogens is 373 g/mol. The van der Waals surface area contributed by atoms with Gasteiger partial charge in [0.2, 0.25) is 11.8 Å². The highest BCUT2D eigenvalue weighted by atomic mass is 35.5. The quantitative estimate of drug-likeness (QED) is 0.735. The van der Waals surface area contributed by atoms with Gasteiger partial charge in [0.15, 0.2) is 0 Å². The highest BCUT2D eigenvalue weighted by molar-refractivity contribution is 6.30. The van der Waals surface area contributed by atoms with Crippen LogP contribution in [0.25, 0.3) is 11.4 Å². The molecule has 0 saturated heterocycles. The predicted octanol–water partition coefficient (Wildman–Crippen LogP) is 3.70. The summed E-state index contributed by atoms with van der Waals surface area (Å²) in [5, 5.41) is 7.05. The van der Waals surface area contributed by atoms with Crippen molar-refractivity contribution in [3.05, 3.63) is 47.3 Å². The van der Waals surface area contributed by atoms with Crippen LogP contribution in [-0.4, -0.2) is 25.1 Å². The fourth-order valence-electron chi connectivity index (χ4n) is 2.46. The lowest BCUT2D eigenvalue weighted by Crippen LogP contribution is -2.20. The number of nitrogens with zero attached hydrogens (tertiary/aromatic N) is 5. The molecule has 7 nitrogen and oxygen atoms in total. The Morgan fingerprint density at radius 2 is 1.85 bits per heavy atom. The maximum atomic E-state index is 12.5. The number of nitrogens with one attached hydrogen (secondary N) is 1. The first-order chi connectivity index (χ1) is 12.4. The van der Waals surface area contributed by atoms with Gasteiger partial charge in [0.25, 0.3) is 0 Å². The zero-order valence-corrected chi connectivity index (χ0v) is 13.7. The number of rotatable bonds is 4. The number of alkyl halides is 3. The smallest absolute Gasteiger partial charge is 0.345 e. The Kier molecular flexibility index (Phi) is 3.79. The lowest BCUT2D eigenvalue weighted by atomic mass is 10.1. The summed E-state index contributed by atoms with van der Waals surface area (Å²) in [6, 6.07) is 1.82. The number of aromatic nitrogens is 5. The summed E-state index contributed by atoms with van der Waals surface area (Å²) in [6.07, 6.45) is 2.95. The Morgan fingerprint density at radius 3 is 2.42 bits per heavy atom. The summed E-state index contributed by atoms with van der Waals surface area (Å²) in [5.41, 5.74) is 0.796. The normalized spacial score (nSPS) is 15.7. The first-order valence-electron chi connectivity index (χ1n) is 7.48. The third kappa shape index (κ3) is 3.19. The van der Waals surface area contributed by atoms with Crippen LogP contribution in [0.2, 0.25) is 5.02 Å². The summed E-state index contributed by atoms with van der Waals surface area (Å²) >= 11 is 5.98. The van der Waals surface area contributed by atoms with Gasteiger partial charge in [-0.1, -0.05) is 16.8 Å². The summed E-state index contributed by atoms with van der Waals surface area (Å²) < 4.78 is 41.7. The van der Waals surface area contributed by atoms with Crippen molar-refractivity contribution >= 4 is 17.5 Å². The van der Waals surface area contributed by atoms with Crippen molar-refractivity contribution in [2.75, 3.05) is 5.32 Å². The zero-order chi connectivity index (χ0) is 18.4. The Morgan fingerprint density at radius 1 is 1.12 bits per heavy atom. The van der Waals surface area contributed by atoms with Crippen molar-refractivity contribution in [2.24, 2.45) is 0 Å². The van der Waals surface area contributed by atoms with E-state index in [0.29, 0.717) is 11.0 Å². The topological polar surface area (TPSA) is 89.6 Å². The average molecular weight is 383 g/mol. The molecule has 0 aliphatic heterocycles. The largest absolute Gasteiger partial charge is 0.471 e. The van der Waals surface area contributed by atoms with E-state index >= 15 is 0 Å². The van der Waals surface area contributed by atoms with E-state index in [0.717, 1.165) is 18.4 Å². The van der Waals surface area contributed by atoms with Crippen LogP contribution in [0.1, 0.15) is 24.3 Å². The minimum atomic E-state index is -4.70. The third-order valence-corrected chi connectivity index (χ3v) is 4.14. The molecule has 11 heteroatoms. The molecule has 0 spiro atoms. The molecule has 1 N–H and O–H groups in total. The van der Waals surface area contributed by atoms with E-state index in [1.54, 1.807) is 12.4 Å². The highest BCUT2D eigenvalue weighted by Gasteiger charge is 2.45. The third-order valence-electron chi connectivity index (χ3n) is 3.94. The number of anilines is 1. The van der Waals surface area contributed by atoms with Gasteiger partial charge < -0.3 is 9.84 Å². The number of pyridine rings is 1. The van der Waals surface area contributed by atoms with Gasteiger partial charge in [-0.2, -0.15) is 18.2 Å². The molecule has 0 radical (unpaired) electrons. The van der Waals surface area contributed by atoms with E-state index in [4.69, 9.17) is 11.6 Å². The lowest BCUT2D eigenvalue weighted by molar-refractivity contribution is -0.159. The molecule has 0 unspecified atom stereocenters. The van der Waals surface area contributed by atoms with Crippen LogP contribution in [0.15, 0.2) is 35.4 Å². The number of hydrogen-bond acceptors (Lipinski definition) is 7. The molecule has 1 aliphatic carbocycles. The van der Waals surface area contributed by atoms with Crippen molar-refractivity contribution in [2.45, 2.75) is 24.6 Å². The molecule has 3 heterocycles. The Labute approximate surface area is 149 Å². The summed E-state index contributed by atoms with van der Waals surface area (Å²) in [7, 11) is 0. The molecule has 0 amide bonds. The van der Waals surface area contributed by atoms with Gasteiger partial charge in [0, 0.05) is 24.8 Å². The number of hydrogen-bond donors (Lipinski definition) is 1. The SMILES string of the molecule is FC(F)(F)c1nc(-c2cnc(NC3(c4cncc(Cl)c4)CC3)nc2)no1. The predicted molar refractivity (Wildman–Crippen MR) is 84.1 cm³/mol. The highest BCUT2D eigenvalue weighted by Crippen LogP contribution is 2.48. The van der Waals surface area contributed by atoms with Crippen LogP contribution in [0, 0.1) is 0 Å². The second-order valence-corrected chi connectivity index (χ2v) is 6.25. The van der Waals surface area contributed by atoms with Crippen LogP contribution >= 0.6 is 11.6 Å². The standard InChI is InChI=1S/C15H10ClF3N6O/c16-10-3-9(6-20-7-10)14(1-2-14)24-13-21-4-8(5-22-13)11-23-12(26-25-11)15(17,18)19/h3-7H,1-2H2,(H,21,22,24). The Balaban J connectivity index is 1.53. The van der Waals surface area contributed by atoms with Crippen molar-refractivity contribution in [1.29, 1.82) is 0 Å². The molecule has 0 atom stereocenters. The second kappa shape index (κ2) is 5.90. The van der Waals surface area contributed by atoms with Gasteiger partial charge in [0.1, 0.15) is 0 Å². The van der Waals surface area contributed by atoms with Crippen molar-refractivity contribution in [3.63, 3.8) is 0 Å². The first kappa shape index (κ1) is 16.7. The van der Waals surface area contributed by atoms with Crippen LogP contribution in [-0.2, 0) is 11.7 Å². The molecule has 1 saturated carbocycles. The van der Waals surface area contributed by atoms with Gasteiger partial charge in [-0.15, -0.1) is 0 Å². The van der Waals surface area contributed by atoms with Gasteiger partial charge in [0.05, 0.1) is 16.1 Å². The Bertz CT molecular complexity index is 939. The second-order valence-electron chi connectivity index (χ2n) is 5.82. The molecule has 3 aromatic heterocycles. The van der Waals surface area contributed by atoms with Crippen molar-refractivity contribution < 1.29 is 17.7 Å². The molecule has 0 aromatic carbocycles. The summed E-state index contributed by atoms with van der Waals surface area (Å²) in [5.74, 6) is -1.32. The molecule has 4 rings (SSSR count). The summed E-state index contributed by atoms with van der Waals surface area (Å²) in [4.78, 5) is 15.6. The van der Waals surface area contributed by atoms with Gasteiger partial charge in [-0.25, -0.2) is 9.97 Å². The maximum Gasteiger partial charge on any atom is 0.471 e. The Hall–Kier alpha value is -2.75. The van der Waals surface area contributed by atoms with E-state index in [9.17, 15) is 13.2 Å². The minimum absolute atomic E-state index is 0.212. The molecule has 26 heavy (non-hydrogen) atoms. The van der Waals surface area contributed by atoms with E-state index in [1.165, 1.54) is 12.4 Å². The zero-order valence-electron chi connectivity index (χ0n) is 13.0. The first-order valence-corrected chi connectivity index (χ1v) is 7.86. The minimum Gasteiger partial charge on any atom is -0.345 e. The van der Waals surface area contributed by atoms with E-state index < -0.39 is 12.1 Å².